The lowest BCUT2D eigenvalue weighted by atomic mass is 10.0. The zero-order valence-electron chi connectivity index (χ0n) is 12.6. The van der Waals surface area contributed by atoms with E-state index in [0.29, 0.717) is 6.54 Å². The number of carbonyl (C=O) groups is 1. The van der Waals surface area contributed by atoms with Crippen molar-refractivity contribution < 1.29 is 9.53 Å². The predicted molar refractivity (Wildman–Crippen MR) is 82.7 cm³/mol. The summed E-state index contributed by atoms with van der Waals surface area (Å²) in [5, 5.41) is 2.78. The Labute approximate surface area is 125 Å². The molecule has 0 bridgehead atoms. The number of pyridine rings is 1. The van der Waals surface area contributed by atoms with Gasteiger partial charge in [0.15, 0.2) is 0 Å². The van der Waals surface area contributed by atoms with Crippen molar-refractivity contribution in [2.75, 3.05) is 0 Å². The number of amides is 1. The van der Waals surface area contributed by atoms with Crippen molar-refractivity contribution in [3.8, 4) is 11.3 Å². The molecule has 0 fully saturated rings. The molecule has 1 N–H and O–H groups in total. The lowest BCUT2D eigenvalue weighted by Crippen LogP contribution is -2.32. The minimum atomic E-state index is -0.495. The van der Waals surface area contributed by atoms with Gasteiger partial charge in [-0.05, 0) is 38.5 Å². The van der Waals surface area contributed by atoms with Gasteiger partial charge in [-0.25, -0.2) is 4.79 Å². The third kappa shape index (κ3) is 4.60. The molecule has 1 aromatic heterocycles. The molecule has 1 amide bonds. The summed E-state index contributed by atoms with van der Waals surface area (Å²) in [6.45, 7) is 5.93. The Morgan fingerprint density at radius 3 is 2.52 bits per heavy atom. The number of nitrogens with zero attached hydrogens (tertiary/aromatic N) is 1. The maximum atomic E-state index is 11.7. The molecule has 0 aliphatic rings. The molecule has 0 saturated heterocycles. The molecule has 2 aromatic rings. The van der Waals surface area contributed by atoms with Crippen molar-refractivity contribution in [3.05, 3.63) is 54.2 Å². The fourth-order valence-corrected chi connectivity index (χ4v) is 1.93. The number of alkyl carbamates (subject to hydrolysis) is 1. The lowest BCUT2D eigenvalue weighted by Gasteiger charge is -2.20. The van der Waals surface area contributed by atoms with E-state index in [1.54, 1.807) is 6.20 Å². The van der Waals surface area contributed by atoms with Crippen LogP contribution >= 0.6 is 0 Å². The standard InChI is InChI=1S/C17H20N2O2/c1-17(2,3)21-16(20)19-12-13-8-4-5-9-14(13)15-10-6-7-11-18-15/h4-11H,12H2,1-3H3,(H,19,20). The molecule has 1 aromatic carbocycles. The Hall–Kier alpha value is -2.36. The Kier molecular flexibility index (Phi) is 4.58. The van der Waals surface area contributed by atoms with Crippen LogP contribution in [0.1, 0.15) is 26.3 Å². The van der Waals surface area contributed by atoms with E-state index in [9.17, 15) is 4.79 Å². The van der Waals surface area contributed by atoms with Gasteiger partial charge in [0, 0.05) is 18.3 Å². The van der Waals surface area contributed by atoms with E-state index in [-0.39, 0.29) is 0 Å². The molecule has 4 heteroatoms. The van der Waals surface area contributed by atoms with Gasteiger partial charge in [0.1, 0.15) is 5.60 Å². The molecule has 1 heterocycles. The Morgan fingerprint density at radius 1 is 1.14 bits per heavy atom. The highest BCUT2D eigenvalue weighted by Crippen LogP contribution is 2.21. The van der Waals surface area contributed by atoms with Crippen LogP contribution in [-0.4, -0.2) is 16.7 Å². The second kappa shape index (κ2) is 6.39. The molecule has 0 unspecified atom stereocenters. The number of nitrogens with one attached hydrogen (secondary N) is 1. The second-order valence-electron chi connectivity index (χ2n) is 5.73. The molecule has 0 aliphatic carbocycles. The number of hydrogen-bond acceptors (Lipinski definition) is 3. The van der Waals surface area contributed by atoms with Gasteiger partial charge in [0.25, 0.3) is 0 Å². The zero-order valence-corrected chi connectivity index (χ0v) is 12.6. The van der Waals surface area contributed by atoms with Crippen LogP contribution in [0.5, 0.6) is 0 Å². The zero-order chi connectivity index (χ0) is 15.3. The maximum absolute atomic E-state index is 11.7. The largest absolute Gasteiger partial charge is 0.444 e. The van der Waals surface area contributed by atoms with Gasteiger partial charge in [0.2, 0.25) is 0 Å². The van der Waals surface area contributed by atoms with Gasteiger partial charge in [0.05, 0.1) is 5.69 Å². The summed E-state index contributed by atoms with van der Waals surface area (Å²) >= 11 is 0. The maximum Gasteiger partial charge on any atom is 0.407 e. The van der Waals surface area contributed by atoms with Crippen molar-refractivity contribution in [1.29, 1.82) is 0 Å². The van der Waals surface area contributed by atoms with E-state index < -0.39 is 11.7 Å². The van der Waals surface area contributed by atoms with Crippen LogP contribution in [0.25, 0.3) is 11.3 Å². The smallest absolute Gasteiger partial charge is 0.407 e. The van der Waals surface area contributed by atoms with Crippen molar-refractivity contribution >= 4 is 6.09 Å². The summed E-state index contributed by atoms with van der Waals surface area (Å²) in [6, 6.07) is 13.6. The topological polar surface area (TPSA) is 51.2 Å². The number of ether oxygens (including phenoxy) is 1. The normalized spacial score (nSPS) is 11.0. The molecule has 110 valence electrons. The van der Waals surface area contributed by atoms with Crippen LogP contribution in [-0.2, 0) is 11.3 Å². The van der Waals surface area contributed by atoms with Gasteiger partial charge < -0.3 is 10.1 Å². The molecular weight excluding hydrogens is 264 g/mol. The second-order valence-corrected chi connectivity index (χ2v) is 5.73. The SMILES string of the molecule is CC(C)(C)OC(=O)NCc1ccccc1-c1ccccn1. The van der Waals surface area contributed by atoms with Crippen molar-refractivity contribution in [2.45, 2.75) is 32.9 Å². The average molecular weight is 284 g/mol. The monoisotopic (exact) mass is 284 g/mol. The molecular formula is C17H20N2O2. The van der Waals surface area contributed by atoms with Crippen LogP contribution in [0, 0.1) is 0 Å². The van der Waals surface area contributed by atoms with Gasteiger partial charge in [-0.1, -0.05) is 30.3 Å². The third-order valence-electron chi connectivity index (χ3n) is 2.78. The number of hydrogen-bond donors (Lipinski definition) is 1. The van der Waals surface area contributed by atoms with Crippen LogP contribution in [0.4, 0.5) is 4.79 Å². The summed E-state index contributed by atoms with van der Waals surface area (Å²) in [7, 11) is 0. The van der Waals surface area contributed by atoms with Gasteiger partial charge >= 0.3 is 6.09 Å². The van der Waals surface area contributed by atoms with Gasteiger partial charge in [-0.3, -0.25) is 4.98 Å². The van der Waals surface area contributed by atoms with E-state index in [2.05, 4.69) is 10.3 Å². The van der Waals surface area contributed by atoms with Crippen LogP contribution in [0.3, 0.4) is 0 Å². The Bertz CT molecular complexity index is 604. The first kappa shape index (κ1) is 15.0. The first-order chi connectivity index (χ1) is 9.96. The number of rotatable bonds is 3. The molecule has 0 saturated carbocycles. The van der Waals surface area contributed by atoms with Crippen LogP contribution in [0.15, 0.2) is 48.7 Å². The lowest BCUT2D eigenvalue weighted by molar-refractivity contribution is 0.0523. The minimum absolute atomic E-state index is 0.404. The van der Waals surface area contributed by atoms with E-state index in [4.69, 9.17) is 4.74 Å². The quantitative estimate of drug-likeness (QED) is 0.933. The fraction of sp³-hybridized carbons (Fsp3) is 0.294. The third-order valence-corrected chi connectivity index (χ3v) is 2.78. The van der Waals surface area contributed by atoms with Crippen LogP contribution in [0.2, 0.25) is 0 Å². The summed E-state index contributed by atoms with van der Waals surface area (Å²) in [5.74, 6) is 0. The fourth-order valence-electron chi connectivity index (χ4n) is 1.93. The highest BCUT2D eigenvalue weighted by molar-refractivity contribution is 5.69. The highest BCUT2D eigenvalue weighted by atomic mass is 16.6. The average Bonchev–Trinajstić information content (AvgIpc) is 2.45. The first-order valence-corrected chi connectivity index (χ1v) is 6.92. The summed E-state index contributed by atoms with van der Waals surface area (Å²) in [4.78, 5) is 16.1. The van der Waals surface area contributed by atoms with Gasteiger partial charge in [-0.15, -0.1) is 0 Å². The number of carbonyl (C=O) groups excluding carboxylic acids is 1. The minimum Gasteiger partial charge on any atom is -0.444 e. The van der Waals surface area contributed by atoms with Crippen LogP contribution < -0.4 is 5.32 Å². The number of benzene rings is 1. The van der Waals surface area contributed by atoms with E-state index >= 15 is 0 Å². The molecule has 0 spiro atoms. The molecule has 21 heavy (non-hydrogen) atoms. The highest BCUT2D eigenvalue weighted by Gasteiger charge is 2.16. The summed E-state index contributed by atoms with van der Waals surface area (Å²) in [6.07, 6.45) is 1.34. The molecule has 0 aliphatic heterocycles. The van der Waals surface area contributed by atoms with Crippen molar-refractivity contribution in [1.82, 2.24) is 10.3 Å². The van der Waals surface area contributed by atoms with Gasteiger partial charge in [-0.2, -0.15) is 0 Å². The van der Waals surface area contributed by atoms with Crippen molar-refractivity contribution in [2.24, 2.45) is 0 Å². The molecule has 0 atom stereocenters. The van der Waals surface area contributed by atoms with E-state index in [1.807, 2.05) is 63.2 Å². The summed E-state index contributed by atoms with van der Waals surface area (Å²) < 4.78 is 5.24. The molecule has 2 rings (SSSR count). The first-order valence-electron chi connectivity index (χ1n) is 6.92. The number of aromatic nitrogens is 1. The van der Waals surface area contributed by atoms with E-state index in [1.165, 1.54) is 0 Å². The Morgan fingerprint density at radius 2 is 1.86 bits per heavy atom. The van der Waals surface area contributed by atoms with Crippen molar-refractivity contribution in [3.63, 3.8) is 0 Å². The molecule has 4 nitrogen and oxygen atoms in total. The summed E-state index contributed by atoms with van der Waals surface area (Å²) in [5.41, 5.74) is 2.40. The van der Waals surface area contributed by atoms with E-state index in [0.717, 1.165) is 16.8 Å². The Balaban J connectivity index is 2.10. The molecule has 0 radical (unpaired) electrons. The predicted octanol–water partition coefficient (Wildman–Crippen LogP) is 3.77.